The van der Waals surface area contributed by atoms with Gasteiger partial charge in [0.25, 0.3) is 0 Å². The highest BCUT2D eigenvalue weighted by Gasteiger charge is 2.33. The smallest absolute Gasteiger partial charge is 0.129 e. The minimum Gasteiger partial charge on any atom is -0.366 e. The number of aromatic nitrogens is 2. The molecule has 0 amide bonds. The normalized spacial score (nSPS) is 24.7. The summed E-state index contributed by atoms with van der Waals surface area (Å²) in [5.74, 6) is 0.904. The van der Waals surface area contributed by atoms with Crippen LogP contribution in [0.3, 0.4) is 0 Å². The van der Waals surface area contributed by atoms with Crippen molar-refractivity contribution in [2.75, 3.05) is 5.32 Å². The molecule has 0 aliphatic heterocycles. The predicted molar refractivity (Wildman–Crippen MR) is 56.0 cm³/mol. The van der Waals surface area contributed by atoms with Gasteiger partial charge in [-0.3, -0.25) is 0 Å². The van der Waals surface area contributed by atoms with Crippen molar-refractivity contribution in [3.8, 4) is 0 Å². The Morgan fingerprint density at radius 3 is 3.00 bits per heavy atom. The first-order chi connectivity index (χ1) is 6.79. The van der Waals surface area contributed by atoms with Gasteiger partial charge < -0.3 is 11.1 Å². The van der Waals surface area contributed by atoms with Crippen LogP contribution in [0.4, 0.5) is 5.82 Å². The van der Waals surface area contributed by atoms with Gasteiger partial charge in [-0.25, -0.2) is 9.97 Å². The molecule has 3 N–H and O–H groups in total. The fraction of sp³-hybridized carbons (Fsp3) is 0.600. The van der Waals surface area contributed by atoms with E-state index in [9.17, 15) is 0 Å². The molecule has 0 radical (unpaired) electrons. The van der Waals surface area contributed by atoms with Gasteiger partial charge in [0.05, 0.1) is 0 Å². The van der Waals surface area contributed by atoms with Gasteiger partial charge in [-0.2, -0.15) is 0 Å². The Morgan fingerprint density at radius 1 is 1.57 bits per heavy atom. The second kappa shape index (κ2) is 3.92. The van der Waals surface area contributed by atoms with Crippen molar-refractivity contribution in [1.82, 2.24) is 9.97 Å². The topological polar surface area (TPSA) is 63.8 Å². The average molecular weight is 192 g/mol. The van der Waals surface area contributed by atoms with E-state index in [4.69, 9.17) is 5.73 Å². The number of nitrogens with one attached hydrogen (secondary N) is 1. The summed E-state index contributed by atoms with van der Waals surface area (Å²) in [6.07, 6.45) is 4.78. The zero-order chi connectivity index (χ0) is 9.97. The van der Waals surface area contributed by atoms with Gasteiger partial charge in [-0.05, 0) is 12.8 Å². The van der Waals surface area contributed by atoms with Crippen LogP contribution in [-0.2, 0) is 6.42 Å². The summed E-state index contributed by atoms with van der Waals surface area (Å²) in [6.45, 7) is 2.14. The van der Waals surface area contributed by atoms with Crippen LogP contribution in [0.5, 0.6) is 0 Å². The number of hydrogen-bond donors (Lipinski definition) is 2. The van der Waals surface area contributed by atoms with Crippen LogP contribution in [-0.4, -0.2) is 22.1 Å². The minimum atomic E-state index is 0.305. The molecule has 2 atom stereocenters. The lowest BCUT2D eigenvalue weighted by atomic mass is 10.2. The van der Waals surface area contributed by atoms with Crippen molar-refractivity contribution in [3.63, 3.8) is 0 Å². The SMILES string of the molecule is CCCc1cc(NC2CC2N)ncn1. The van der Waals surface area contributed by atoms with Crippen LogP contribution in [0.25, 0.3) is 0 Å². The highest BCUT2D eigenvalue weighted by Crippen LogP contribution is 2.22. The fourth-order valence-electron chi connectivity index (χ4n) is 1.44. The molecule has 4 heteroatoms. The maximum Gasteiger partial charge on any atom is 0.129 e. The molecule has 2 rings (SSSR count). The van der Waals surface area contributed by atoms with Gasteiger partial charge in [0.15, 0.2) is 0 Å². The van der Waals surface area contributed by atoms with Crippen molar-refractivity contribution in [3.05, 3.63) is 18.1 Å². The lowest BCUT2D eigenvalue weighted by molar-refractivity contribution is 0.870. The Bertz CT molecular complexity index is 313. The summed E-state index contributed by atoms with van der Waals surface area (Å²) in [4.78, 5) is 8.35. The van der Waals surface area contributed by atoms with Gasteiger partial charge >= 0.3 is 0 Å². The lowest BCUT2D eigenvalue weighted by Gasteiger charge is -2.04. The van der Waals surface area contributed by atoms with E-state index >= 15 is 0 Å². The largest absolute Gasteiger partial charge is 0.366 e. The average Bonchev–Trinajstić information content (AvgIpc) is 2.83. The molecule has 1 aromatic rings. The van der Waals surface area contributed by atoms with Crippen LogP contribution in [0.15, 0.2) is 12.4 Å². The molecule has 1 aliphatic rings. The van der Waals surface area contributed by atoms with Gasteiger partial charge in [0.1, 0.15) is 12.1 Å². The Labute approximate surface area is 83.9 Å². The molecular formula is C10H16N4. The Kier molecular flexibility index (Phi) is 2.63. The van der Waals surface area contributed by atoms with Crippen LogP contribution in [0, 0.1) is 0 Å². The van der Waals surface area contributed by atoms with Crippen molar-refractivity contribution in [2.45, 2.75) is 38.3 Å². The maximum atomic E-state index is 5.71. The summed E-state index contributed by atoms with van der Waals surface area (Å²) in [5.41, 5.74) is 6.80. The molecule has 1 fully saturated rings. The van der Waals surface area contributed by atoms with E-state index in [2.05, 4.69) is 22.2 Å². The second-order valence-corrected chi connectivity index (χ2v) is 3.79. The van der Waals surface area contributed by atoms with Crippen molar-refractivity contribution < 1.29 is 0 Å². The number of anilines is 1. The number of hydrogen-bond acceptors (Lipinski definition) is 4. The van der Waals surface area contributed by atoms with E-state index in [-0.39, 0.29) is 0 Å². The van der Waals surface area contributed by atoms with Gasteiger partial charge in [0.2, 0.25) is 0 Å². The summed E-state index contributed by atoms with van der Waals surface area (Å²) >= 11 is 0. The maximum absolute atomic E-state index is 5.71. The monoisotopic (exact) mass is 192 g/mol. The van der Waals surface area contributed by atoms with Gasteiger partial charge in [0, 0.05) is 23.8 Å². The minimum absolute atomic E-state index is 0.305. The van der Waals surface area contributed by atoms with Crippen molar-refractivity contribution in [2.24, 2.45) is 5.73 Å². The van der Waals surface area contributed by atoms with Crippen molar-refractivity contribution in [1.29, 1.82) is 0 Å². The van der Waals surface area contributed by atoms with Crippen LogP contribution in [0.2, 0.25) is 0 Å². The molecule has 4 nitrogen and oxygen atoms in total. The fourth-order valence-corrected chi connectivity index (χ4v) is 1.44. The molecule has 0 bridgehead atoms. The van der Waals surface area contributed by atoms with Crippen LogP contribution < -0.4 is 11.1 Å². The highest BCUT2D eigenvalue weighted by molar-refractivity contribution is 5.38. The molecule has 1 saturated carbocycles. The molecule has 0 aromatic carbocycles. The summed E-state index contributed by atoms with van der Waals surface area (Å²) in [6, 6.07) is 2.73. The molecule has 76 valence electrons. The molecule has 1 aromatic heterocycles. The molecule has 0 spiro atoms. The van der Waals surface area contributed by atoms with E-state index in [1.54, 1.807) is 6.33 Å². The second-order valence-electron chi connectivity index (χ2n) is 3.79. The molecule has 1 heterocycles. The van der Waals surface area contributed by atoms with Crippen LogP contribution >= 0.6 is 0 Å². The molecule has 0 saturated heterocycles. The van der Waals surface area contributed by atoms with E-state index in [0.29, 0.717) is 12.1 Å². The van der Waals surface area contributed by atoms with Gasteiger partial charge in [-0.15, -0.1) is 0 Å². The summed E-state index contributed by atoms with van der Waals surface area (Å²) in [7, 11) is 0. The zero-order valence-electron chi connectivity index (χ0n) is 8.40. The van der Waals surface area contributed by atoms with E-state index in [1.165, 1.54) is 0 Å². The summed E-state index contributed by atoms with van der Waals surface area (Å²) in [5, 5.41) is 3.29. The van der Waals surface area contributed by atoms with Gasteiger partial charge in [-0.1, -0.05) is 13.3 Å². The zero-order valence-corrected chi connectivity index (χ0v) is 8.40. The highest BCUT2D eigenvalue weighted by atomic mass is 15.1. The molecule has 1 aliphatic carbocycles. The number of aryl methyl sites for hydroxylation is 1. The Hall–Kier alpha value is -1.16. The first-order valence-corrected chi connectivity index (χ1v) is 5.12. The Morgan fingerprint density at radius 2 is 2.36 bits per heavy atom. The first kappa shape index (κ1) is 9.40. The third-order valence-electron chi connectivity index (χ3n) is 2.40. The van der Waals surface area contributed by atoms with E-state index in [0.717, 1.165) is 30.8 Å². The standard InChI is InChI=1S/C10H16N4/c1-2-3-7-4-10(13-6-12-7)14-9-5-8(9)11/h4,6,8-9H,2-3,5,11H2,1H3,(H,12,13,14). The molecule has 2 unspecified atom stereocenters. The Balaban J connectivity index is 1.99. The predicted octanol–water partition coefficient (Wildman–Crippen LogP) is 0.941. The summed E-state index contributed by atoms with van der Waals surface area (Å²) < 4.78 is 0. The third kappa shape index (κ3) is 2.20. The molecule has 14 heavy (non-hydrogen) atoms. The van der Waals surface area contributed by atoms with E-state index < -0.39 is 0 Å². The number of rotatable bonds is 4. The van der Waals surface area contributed by atoms with Crippen molar-refractivity contribution >= 4 is 5.82 Å². The van der Waals surface area contributed by atoms with Crippen LogP contribution in [0.1, 0.15) is 25.5 Å². The third-order valence-corrected chi connectivity index (χ3v) is 2.40. The first-order valence-electron chi connectivity index (χ1n) is 5.12. The molecular weight excluding hydrogens is 176 g/mol. The van der Waals surface area contributed by atoms with E-state index in [1.807, 2.05) is 6.07 Å². The lowest BCUT2D eigenvalue weighted by Crippen LogP contribution is -2.14. The number of nitrogens with two attached hydrogens (primary N) is 1. The number of nitrogens with zero attached hydrogens (tertiary/aromatic N) is 2. The quantitative estimate of drug-likeness (QED) is 0.745.